The maximum Gasteiger partial charge on any atom is 0.268 e. The van der Waals surface area contributed by atoms with E-state index < -0.39 is 5.41 Å². The van der Waals surface area contributed by atoms with Crippen LogP contribution in [0.15, 0.2) is 65.0 Å². The van der Waals surface area contributed by atoms with Crippen molar-refractivity contribution in [2.45, 2.75) is 47.2 Å². The molecule has 0 fully saturated rings. The second kappa shape index (κ2) is 12.7. The Morgan fingerprint density at radius 3 is 2.56 bits per heavy atom. The number of anilines is 2. The molecule has 226 valence electrons. The van der Waals surface area contributed by atoms with E-state index in [1.807, 2.05) is 68.0 Å². The van der Waals surface area contributed by atoms with Crippen molar-refractivity contribution in [3.63, 3.8) is 0 Å². The van der Waals surface area contributed by atoms with Gasteiger partial charge in [0.25, 0.3) is 5.56 Å². The van der Waals surface area contributed by atoms with E-state index in [-0.39, 0.29) is 17.4 Å². The Labute approximate surface area is 256 Å². The van der Waals surface area contributed by atoms with Gasteiger partial charge in [-0.25, -0.2) is 0 Å². The van der Waals surface area contributed by atoms with Crippen LogP contribution in [0.3, 0.4) is 0 Å². The molecule has 5 rings (SSSR count). The predicted molar refractivity (Wildman–Crippen MR) is 172 cm³/mol. The van der Waals surface area contributed by atoms with Crippen molar-refractivity contribution < 1.29 is 14.3 Å². The second-order valence-electron chi connectivity index (χ2n) is 11.5. The first-order valence-electron chi connectivity index (χ1n) is 14.7. The van der Waals surface area contributed by atoms with Crippen LogP contribution in [0.2, 0.25) is 0 Å². The zero-order valence-corrected chi connectivity index (χ0v) is 26.3. The highest BCUT2D eigenvalue weighted by molar-refractivity contribution is 7.17. The first-order chi connectivity index (χ1) is 20.6. The number of aryl methyl sites for hydroxylation is 1. The highest BCUT2D eigenvalue weighted by Crippen LogP contribution is 2.40. The fourth-order valence-electron chi connectivity index (χ4n) is 5.49. The average Bonchev–Trinajstić information content (AvgIpc) is 3.48. The Bertz CT molecular complexity index is 1680. The summed E-state index contributed by atoms with van der Waals surface area (Å²) in [6.45, 7) is 10.9. The van der Waals surface area contributed by atoms with E-state index in [1.54, 1.807) is 35.3 Å². The highest BCUT2D eigenvalue weighted by Gasteiger charge is 2.45. The van der Waals surface area contributed by atoms with Gasteiger partial charge in [-0.05, 0) is 80.8 Å². The molecule has 3 aromatic heterocycles. The molecule has 10 heteroatoms. The molecule has 1 aliphatic rings. The lowest BCUT2D eigenvalue weighted by atomic mass is 9.90. The van der Waals surface area contributed by atoms with E-state index in [9.17, 15) is 14.4 Å². The number of thiophene rings is 1. The largest absolute Gasteiger partial charge is 0.493 e. The third kappa shape index (κ3) is 6.35. The summed E-state index contributed by atoms with van der Waals surface area (Å²) in [5.74, 6) is 0.192. The van der Waals surface area contributed by atoms with E-state index in [2.05, 4.69) is 16.0 Å². The quantitative estimate of drug-likeness (QED) is 0.176. The molecule has 43 heavy (non-hydrogen) atoms. The molecule has 1 aromatic carbocycles. The molecular weight excluding hydrogens is 562 g/mol. The minimum Gasteiger partial charge on any atom is -0.493 e. The molecule has 4 aromatic rings. The maximum atomic E-state index is 13.2. The molecule has 9 nitrogen and oxygen atoms in total. The Hall–Kier alpha value is -4.02. The summed E-state index contributed by atoms with van der Waals surface area (Å²) < 4.78 is 8.72. The van der Waals surface area contributed by atoms with Gasteiger partial charge in [0, 0.05) is 63.9 Å². The number of rotatable bonds is 11. The lowest BCUT2D eigenvalue weighted by Crippen LogP contribution is -2.47. The van der Waals surface area contributed by atoms with Gasteiger partial charge < -0.3 is 19.1 Å². The van der Waals surface area contributed by atoms with Crippen LogP contribution in [0.25, 0.3) is 10.1 Å². The monoisotopic (exact) mass is 601 g/mol. The van der Waals surface area contributed by atoms with Crippen LogP contribution in [0, 0.1) is 12.3 Å². The smallest absolute Gasteiger partial charge is 0.268 e. The summed E-state index contributed by atoms with van der Waals surface area (Å²) in [7, 11) is 1.71. The zero-order valence-electron chi connectivity index (χ0n) is 25.5. The average molecular weight is 602 g/mol. The SMILES string of the molecule is CCN1C(=O)C(C)(C)C(=O)N(C)c2cc(OCCCN(CCn3ccc4ccsc4c3=O)Cc3ccc(C)nc3)ccc21. The van der Waals surface area contributed by atoms with Crippen molar-refractivity contribution in [3.05, 3.63) is 81.8 Å². The van der Waals surface area contributed by atoms with Crippen molar-refractivity contribution >= 4 is 44.6 Å². The number of carbonyl (C=O) groups is 2. The Kier molecular flexibility index (Phi) is 8.98. The zero-order chi connectivity index (χ0) is 30.7. The first-order valence-corrected chi connectivity index (χ1v) is 15.6. The molecule has 0 aliphatic carbocycles. The highest BCUT2D eigenvalue weighted by atomic mass is 32.1. The van der Waals surface area contributed by atoms with Crippen LogP contribution < -0.4 is 20.1 Å². The van der Waals surface area contributed by atoms with Gasteiger partial charge in [-0.3, -0.25) is 24.3 Å². The van der Waals surface area contributed by atoms with Gasteiger partial charge >= 0.3 is 0 Å². The van der Waals surface area contributed by atoms with E-state index in [1.165, 1.54) is 11.3 Å². The normalized spacial score (nSPS) is 14.8. The number of ether oxygens (including phenoxy) is 1. The molecule has 2 amide bonds. The molecule has 0 saturated heterocycles. The maximum absolute atomic E-state index is 13.2. The molecule has 0 bridgehead atoms. The number of hydrogen-bond acceptors (Lipinski definition) is 7. The Morgan fingerprint density at radius 1 is 1.00 bits per heavy atom. The molecule has 0 spiro atoms. The Morgan fingerprint density at radius 2 is 1.81 bits per heavy atom. The van der Waals surface area contributed by atoms with Crippen LogP contribution in [0.5, 0.6) is 5.75 Å². The van der Waals surface area contributed by atoms with Gasteiger partial charge in [0.1, 0.15) is 11.2 Å². The van der Waals surface area contributed by atoms with Gasteiger partial charge in [-0.1, -0.05) is 6.07 Å². The molecular formula is C33H39N5O4S. The van der Waals surface area contributed by atoms with Crippen molar-refractivity contribution in [2.75, 3.05) is 43.1 Å². The van der Waals surface area contributed by atoms with Crippen LogP contribution >= 0.6 is 11.3 Å². The minimum atomic E-state index is -1.15. The summed E-state index contributed by atoms with van der Waals surface area (Å²) in [6, 6.07) is 13.6. The number of carbonyl (C=O) groups excluding carboxylic acids is 2. The Balaban J connectivity index is 1.25. The fourth-order valence-corrected chi connectivity index (χ4v) is 6.33. The lowest BCUT2D eigenvalue weighted by Gasteiger charge is -2.27. The van der Waals surface area contributed by atoms with E-state index in [0.29, 0.717) is 49.9 Å². The van der Waals surface area contributed by atoms with Gasteiger partial charge in [0.05, 0.1) is 22.7 Å². The third-order valence-electron chi connectivity index (χ3n) is 8.04. The lowest BCUT2D eigenvalue weighted by molar-refractivity contribution is -0.137. The number of benzene rings is 1. The number of hydrogen-bond donors (Lipinski definition) is 0. The van der Waals surface area contributed by atoms with Crippen molar-refractivity contribution in [1.82, 2.24) is 14.5 Å². The van der Waals surface area contributed by atoms with Crippen molar-refractivity contribution in [3.8, 4) is 5.75 Å². The van der Waals surface area contributed by atoms with Gasteiger partial charge in [0.2, 0.25) is 11.8 Å². The summed E-state index contributed by atoms with van der Waals surface area (Å²) in [4.78, 5) is 49.3. The number of pyridine rings is 2. The summed E-state index contributed by atoms with van der Waals surface area (Å²) in [5, 5.41) is 2.93. The molecule has 0 radical (unpaired) electrons. The number of nitrogens with zero attached hydrogens (tertiary/aromatic N) is 5. The van der Waals surface area contributed by atoms with Crippen molar-refractivity contribution in [2.24, 2.45) is 5.41 Å². The summed E-state index contributed by atoms with van der Waals surface area (Å²) in [5.41, 5.74) is 2.35. The third-order valence-corrected chi connectivity index (χ3v) is 8.96. The van der Waals surface area contributed by atoms with Gasteiger partial charge in [-0.2, -0.15) is 0 Å². The topological polar surface area (TPSA) is 88.0 Å². The van der Waals surface area contributed by atoms with Gasteiger partial charge in [0.15, 0.2) is 0 Å². The first kappa shape index (κ1) is 30.4. The number of aromatic nitrogens is 2. The predicted octanol–water partition coefficient (Wildman–Crippen LogP) is 5.09. The molecule has 0 saturated carbocycles. The van der Waals surface area contributed by atoms with Crippen molar-refractivity contribution in [1.29, 1.82) is 0 Å². The molecule has 0 N–H and O–H groups in total. The second-order valence-corrected chi connectivity index (χ2v) is 12.4. The molecule has 4 heterocycles. The number of amides is 2. The van der Waals surface area contributed by atoms with E-state index in [0.717, 1.165) is 34.3 Å². The van der Waals surface area contributed by atoms with Crippen LogP contribution in [-0.2, 0) is 22.7 Å². The summed E-state index contributed by atoms with van der Waals surface area (Å²) >= 11 is 1.48. The fraction of sp³-hybridized carbons (Fsp3) is 0.394. The summed E-state index contributed by atoms with van der Waals surface area (Å²) in [6.07, 6.45) is 4.54. The van der Waals surface area contributed by atoms with Crippen LogP contribution in [0.1, 0.15) is 38.4 Å². The standard InChI is InChI=1S/C33H39N5O4S/c1-6-38-27-11-10-26(20-28(27)35(5)31(40)33(3,4)32(38)41)42-18-7-14-36(22-24-9-8-23(2)34-21-24)16-17-37-15-12-25-13-19-43-29(25)30(37)39/h8-13,15,19-21H,6-7,14,16-18,22H2,1-5H3. The molecule has 0 atom stereocenters. The van der Waals surface area contributed by atoms with E-state index >= 15 is 0 Å². The van der Waals surface area contributed by atoms with Crippen LogP contribution in [-0.4, -0.2) is 59.6 Å². The van der Waals surface area contributed by atoms with Crippen LogP contribution in [0.4, 0.5) is 11.4 Å². The molecule has 1 aliphatic heterocycles. The van der Waals surface area contributed by atoms with E-state index in [4.69, 9.17) is 4.74 Å². The molecule has 0 unspecified atom stereocenters. The number of fused-ring (bicyclic) bond motifs is 2. The van der Waals surface area contributed by atoms with Gasteiger partial charge in [-0.15, -0.1) is 11.3 Å². The minimum absolute atomic E-state index is 0.0474.